The minimum Gasteiger partial charge on any atom is -0.396 e. The molecule has 3 nitrogen and oxygen atoms in total. The van der Waals surface area contributed by atoms with Gasteiger partial charge in [0, 0.05) is 19.1 Å². The van der Waals surface area contributed by atoms with Crippen LogP contribution in [0.25, 0.3) is 0 Å². The lowest BCUT2D eigenvalue weighted by Crippen LogP contribution is -2.46. The molecule has 100 valence electrons. The normalized spacial score (nSPS) is 25.6. The van der Waals surface area contributed by atoms with E-state index in [2.05, 4.69) is 26.1 Å². The number of nitrogens with one attached hydrogen (secondary N) is 1. The average Bonchev–Trinajstić information content (AvgIpc) is 2.25. The Morgan fingerprint density at radius 1 is 1.29 bits per heavy atom. The standard InChI is InChI=1S/C14H27NO2/c1-14(2,3)11-7-4-5-8-12(11)15-13(17)9-6-10-16/h11-12,16H,4-10H2,1-3H3,(H,15,17). The van der Waals surface area contributed by atoms with Gasteiger partial charge in [-0.2, -0.15) is 0 Å². The van der Waals surface area contributed by atoms with Gasteiger partial charge in [0.15, 0.2) is 0 Å². The van der Waals surface area contributed by atoms with Crippen LogP contribution in [0, 0.1) is 11.3 Å². The molecule has 1 rings (SSSR count). The average molecular weight is 241 g/mol. The molecule has 17 heavy (non-hydrogen) atoms. The van der Waals surface area contributed by atoms with E-state index >= 15 is 0 Å². The number of carbonyl (C=O) groups excluding carboxylic acids is 1. The molecule has 1 saturated carbocycles. The maximum Gasteiger partial charge on any atom is 0.220 e. The van der Waals surface area contributed by atoms with E-state index in [-0.39, 0.29) is 17.9 Å². The van der Waals surface area contributed by atoms with Crippen molar-refractivity contribution in [2.45, 2.75) is 65.3 Å². The van der Waals surface area contributed by atoms with E-state index in [0.717, 1.165) is 6.42 Å². The Balaban J connectivity index is 2.51. The fourth-order valence-electron chi connectivity index (χ4n) is 2.86. The second-order valence-electron chi connectivity index (χ2n) is 6.26. The molecule has 0 radical (unpaired) electrons. The van der Waals surface area contributed by atoms with E-state index in [1.54, 1.807) is 0 Å². The summed E-state index contributed by atoms with van der Waals surface area (Å²) in [6.07, 6.45) is 5.84. The Bertz CT molecular complexity index is 245. The third-order valence-electron chi connectivity index (χ3n) is 3.79. The zero-order chi connectivity index (χ0) is 12.9. The van der Waals surface area contributed by atoms with E-state index in [1.165, 1.54) is 19.3 Å². The SMILES string of the molecule is CC(C)(C)C1CCCCC1NC(=O)CCCO. The highest BCUT2D eigenvalue weighted by Gasteiger charge is 2.34. The first-order valence-electron chi connectivity index (χ1n) is 6.85. The molecular formula is C14H27NO2. The van der Waals surface area contributed by atoms with Crippen molar-refractivity contribution in [3.63, 3.8) is 0 Å². The van der Waals surface area contributed by atoms with Crippen molar-refractivity contribution in [2.75, 3.05) is 6.61 Å². The van der Waals surface area contributed by atoms with Crippen LogP contribution < -0.4 is 5.32 Å². The van der Waals surface area contributed by atoms with Crippen molar-refractivity contribution in [2.24, 2.45) is 11.3 Å². The van der Waals surface area contributed by atoms with Crippen molar-refractivity contribution in [3.05, 3.63) is 0 Å². The molecule has 1 aliphatic carbocycles. The van der Waals surface area contributed by atoms with Gasteiger partial charge in [0.1, 0.15) is 0 Å². The highest BCUT2D eigenvalue weighted by molar-refractivity contribution is 5.76. The lowest BCUT2D eigenvalue weighted by atomic mass is 9.69. The summed E-state index contributed by atoms with van der Waals surface area (Å²) in [5.41, 5.74) is 0.259. The lowest BCUT2D eigenvalue weighted by Gasteiger charge is -2.40. The summed E-state index contributed by atoms with van der Waals surface area (Å²) in [5, 5.41) is 11.9. The Labute approximate surface area is 105 Å². The molecule has 2 unspecified atom stereocenters. The van der Waals surface area contributed by atoms with Crippen LogP contribution in [-0.4, -0.2) is 23.7 Å². The second-order valence-corrected chi connectivity index (χ2v) is 6.26. The molecule has 0 spiro atoms. The van der Waals surface area contributed by atoms with E-state index in [4.69, 9.17) is 5.11 Å². The van der Waals surface area contributed by atoms with Gasteiger partial charge in [-0.15, -0.1) is 0 Å². The third-order valence-corrected chi connectivity index (χ3v) is 3.79. The van der Waals surface area contributed by atoms with Gasteiger partial charge >= 0.3 is 0 Å². The molecule has 0 aromatic heterocycles. The molecule has 2 atom stereocenters. The van der Waals surface area contributed by atoms with Gasteiger partial charge in [0.2, 0.25) is 5.91 Å². The number of rotatable bonds is 4. The van der Waals surface area contributed by atoms with Crippen LogP contribution in [0.3, 0.4) is 0 Å². The van der Waals surface area contributed by atoms with Crippen molar-refractivity contribution >= 4 is 5.91 Å². The Morgan fingerprint density at radius 3 is 2.53 bits per heavy atom. The van der Waals surface area contributed by atoms with Crippen molar-refractivity contribution < 1.29 is 9.90 Å². The van der Waals surface area contributed by atoms with E-state index in [0.29, 0.717) is 24.8 Å². The van der Waals surface area contributed by atoms with E-state index in [1.807, 2.05) is 0 Å². The minimum atomic E-state index is 0.0974. The van der Waals surface area contributed by atoms with Crippen LogP contribution in [0.2, 0.25) is 0 Å². The first-order chi connectivity index (χ1) is 7.95. The summed E-state index contributed by atoms with van der Waals surface area (Å²) in [6, 6.07) is 0.329. The molecule has 3 heteroatoms. The number of amides is 1. The molecule has 1 amide bonds. The summed E-state index contributed by atoms with van der Waals surface area (Å²) in [5.74, 6) is 0.675. The van der Waals surface area contributed by atoms with Crippen molar-refractivity contribution in [3.8, 4) is 0 Å². The molecule has 0 aromatic carbocycles. The summed E-state index contributed by atoms with van der Waals surface area (Å²) >= 11 is 0. The Morgan fingerprint density at radius 2 is 1.94 bits per heavy atom. The molecule has 0 saturated heterocycles. The zero-order valence-electron chi connectivity index (χ0n) is 11.5. The fraction of sp³-hybridized carbons (Fsp3) is 0.929. The van der Waals surface area contributed by atoms with Gasteiger partial charge in [-0.1, -0.05) is 33.6 Å². The highest BCUT2D eigenvalue weighted by Crippen LogP contribution is 2.37. The van der Waals surface area contributed by atoms with E-state index < -0.39 is 0 Å². The first-order valence-corrected chi connectivity index (χ1v) is 6.85. The van der Waals surface area contributed by atoms with Crippen LogP contribution in [-0.2, 0) is 4.79 Å². The Hall–Kier alpha value is -0.570. The van der Waals surface area contributed by atoms with Crippen LogP contribution in [0.1, 0.15) is 59.3 Å². The molecule has 0 aliphatic heterocycles. The van der Waals surface area contributed by atoms with Crippen LogP contribution in [0.4, 0.5) is 0 Å². The molecule has 0 aromatic rings. The van der Waals surface area contributed by atoms with Gasteiger partial charge in [-0.05, 0) is 30.6 Å². The Kier molecular flexibility index (Phi) is 5.44. The monoisotopic (exact) mass is 241 g/mol. The summed E-state index contributed by atoms with van der Waals surface area (Å²) < 4.78 is 0. The fourth-order valence-corrected chi connectivity index (χ4v) is 2.86. The highest BCUT2D eigenvalue weighted by atomic mass is 16.3. The molecular weight excluding hydrogens is 214 g/mol. The van der Waals surface area contributed by atoms with Crippen LogP contribution >= 0.6 is 0 Å². The molecule has 2 N–H and O–H groups in total. The van der Waals surface area contributed by atoms with Gasteiger partial charge < -0.3 is 10.4 Å². The quantitative estimate of drug-likeness (QED) is 0.794. The smallest absolute Gasteiger partial charge is 0.220 e. The molecule has 0 heterocycles. The largest absolute Gasteiger partial charge is 0.396 e. The first kappa shape index (κ1) is 14.5. The maximum atomic E-state index is 11.7. The molecule has 0 bridgehead atoms. The van der Waals surface area contributed by atoms with Gasteiger partial charge in [-0.25, -0.2) is 0 Å². The lowest BCUT2D eigenvalue weighted by molar-refractivity contribution is -0.123. The number of hydrogen-bond donors (Lipinski definition) is 2. The molecule has 1 aliphatic rings. The minimum absolute atomic E-state index is 0.0974. The van der Waals surface area contributed by atoms with Gasteiger partial charge in [0.25, 0.3) is 0 Å². The maximum absolute atomic E-state index is 11.7. The summed E-state index contributed by atoms with van der Waals surface area (Å²) in [4.78, 5) is 11.7. The van der Waals surface area contributed by atoms with E-state index in [9.17, 15) is 4.79 Å². The third kappa shape index (κ3) is 4.66. The van der Waals surface area contributed by atoms with Crippen molar-refractivity contribution in [1.82, 2.24) is 5.32 Å². The van der Waals surface area contributed by atoms with Crippen LogP contribution in [0.15, 0.2) is 0 Å². The van der Waals surface area contributed by atoms with Gasteiger partial charge in [0.05, 0.1) is 0 Å². The zero-order valence-corrected chi connectivity index (χ0v) is 11.5. The second kappa shape index (κ2) is 6.39. The predicted octanol–water partition coefficient (Wildman–Crippen LogP) is 2.48. The number of aliphatic hydroxyl groups excluding tert-OH is 1. The topological polar surface area (TPSA) is 49.3 Å². The number of aliphatic hydroxyl groups is 1. The summed E-state index contributed by atoms with van der Waals surface area (Å²) in [7, 11) is 0. The molecule has 1 fully saturated rings. The predicted molar refractivity (Wildman–Crippen MR) is 69.7 cm³/mol. The van der Waals surface area contributed by atoms with Crippen LogP contribution in [0.5, 0.6) is 0 Å². The number of carbonyl (C=O) groups is 1. The van der Waals surface area contributed by atoms with Gasteiger partial charge in [-0.3, -0.25) is 4.79 Å². The summed E-state index contributed by atoms with van der Waals surface area (Å²) in [6.45, 7) is 6.88. The number of hydrogen-bond acceptors (Lipinski definition) is 2. The van der Waals surface area contributed by atoms with Crippen molar-refractivity contribution in [1.29, 1.82) is 0 Å².